The summed E-state index contributed by atoms with van der Waals surface area (Å²) in [6.07, 6.45) is 0.660. The van der Waals surface area contributed by atoms with Gasteiger partial charge in [-0.25, -0.2) is 4.39 Å². The average molecular weight is 448 g/mol. The van der Waals surface area contributed by atoms with Crippen molar-refractivity contribution in [3.05, 3.63) is 69.6 Å². The number of carbonyl (C=O) groups excluding carboxylic acids is 2. The lowest BCUT2D eigenvalue weighted by Crippen LogP contribution is -2.38. The number of aromatic nitrogens is 1. The van der Waals surface area contributed by atoms with Crippen LogP contribution in [0.5, 0.6) is 0 Å². The molecule has 5 nitrogen and oxygen atoms in total. The van der Waals surface area contributed by atoms with Crippen LogP contribution in [0.1, 0.15) is 29.4 Å². The van der Waals surface area contributed by atoms with Crippen molar-refractivity contribution in [1.29, 1.82) is 0 Å². The van der Waals surface area contributed by atoms with Crippen LogP contribution < -0.4 is 5.32 Å². The summed E-state index contributed by atoms with van der Waals surface area (Å²) >= 11 is 12.1. The van der Waals surface area contributed by atoms with E-state index in [0.29, 0.717) is 50.9 Å². The molecule has 1 N–H and O–H groups in total. The number of aryl methyl sites for hydroxylation is 1. The average Bonchev–Trinajstić information content (AvgIpc) is 2.69. The predicted molar refractivity (Wildman–Crippen MR) is 118 cm³/mol. The first-order valence-corrected chi connectivity index (χ1v) is 10.1. The Labute approximate surface area is 183 Å². The monoisotopic (exact) mass is 447 g/mol. The lowest BCUT2D eigenvalue weighted by molar-refractivity contribution is -0.116. The van der Waals surface area contributed by atoms with E-state index in [1.165, 1.54) is 23.1 Å². The molecule has 0 atom stereocenters. The summed E-state index contributed by atoms with van der Waals surface area (Å²) in [6.45, 7) is 3.86. The first-order valence-electron chi connectivity index (χ1n) is 9.39. The van der Waals surface area contributed by atoms with Gasteiger partial charge in [0, 0.05) is 28.7 Å². The van der Waals surface area contributed by atoms with Gasteiger partial charge in [0.2, 0.25) is 5.91 Å². The van der Waals surface area contributed by atoms with E-state index in [4.69, 9.17) is 23.2 Å². The molecule has 1 aromatic heterocycles. The second-order valence-electron chi connectivity index (χ2n) is 6.87. The molecular formula is C22H20Cl2FN3O2. The highest BCUT2D eigenvalue weighted by Gasteiger charge is 2.21. The summed E-state index contributed by atoms with van der Waals surface area (Å²) < 4.78 is 13.6. The minimum absolute atomic E-state index is 0.167. The fourth-order valence-corrected chi connectivity index (χ4v) is 3.50. The van der Waals surface area contributed by atoms with Crippen LogP contribution in [0.3, 0.4) is 0 Å². The third kappa shape index (κ3) is 5.07. The van der Waals surface area contributed by atoms with Gasteiger partial charge in [0.15, 0.2) is 0 Å². The van der Waals surface area contributed by atoms with Crippen molar-refractivity contribution in [2.45, 2.75) is 20.3 Å². The molecule has 0 spiro atoms. The zero-order valence-electron chi connectivity index (χ0n) is 16.5. The Bertz CT molecular complexity index is 1120. The number of hydrogen-bond acceptors (Lipinski definition) is 3. The van der Waals surface area contributed by atoms with Crippen LogP contribution in [0.2, 0.25) is 10.0 Å². The van der Waals surface area contributed by atoms with Gasteiger partial charge < -0.3 is 10.2 Å². The molecule has 156 valence electrons. The molecule has 0 saturated carbocycles. The smallest absolute Gasteiger partial charge is 0.255 e. The van der Waals surface area contributed by atoms with Crippen LogP contribution in [-0.4, -0.2) is 34.8 Å². The summed E-state index contributed by atoms with van der Waals surface area (Å²) in [6, 6.07) is 10.5. The molecule has 1 heterocycles. The van der Waals surface area contributed by atoms with E-state index in [2.05, 4.69) is 10.3 Å². The molecule has 0 aliphatic heterocycles. The topological polar surface area (TPSA) is 62.3 Å². The van der Waals surface area contributed by atoms with Crippen LogP contribution in [0, 0.1) is 12.7 Å². The van der Waals surface area contributed by atoms with Gasteiger partial charge in [0.05, 0.1) is 21.8 Å². The molecule has 30 heavy (non-hydrogen) atoms. The number of rotatable bonds is 6. The third-order valence-corrected chi connectivity index (χ3v) is 5.01. The lowest BCUT2D eigenvalue weighted by Gasteiger charge is -2.23. The van der Waals surface area contributed by atoms with Gasteiger partial charge in [0.25, 0.3) is 5.91 Å². The van der Waals surface area contributed by atoms with Crippen molar-refractivity contribution in [2.75, 3.05) is 18.4 Å². The molecule has 8 heteroatoms. The van der Waals surface area contributed by atoms with E-state index >= 15 is 0 Å². The fourth-order valence-electron chi connectivity index (χ4n) is 3.16. The number of halogens is 3. The van der Waals surface area contributed by atoms with E-state index < -0.39 is 11.7 Å². The van der Waals surface area contributed by atoms with Crippen molar-refractivity contribution >= 4 is 51.6 Å². The molecule has 0 aliphatic carbocycles. The second-order valence-corrected chi connectivity index (χ2v) is 7.72. The van der Waals surface area contributed by atoms with Gasteiger partial charge >= 0.3 is 0 Å². The molecule has 0 fully saturated rings. The van der Waals surface area contributed by atoms with E-state index in [1.807, 2.05) is 6.92 Å². The quantitative estimate of drug-likeness (QED) is 0.543. The predicted octanol–water partition coefficient (Wildman–Crippen LogP) is 5.48. The van der Waals surface area contributed by atoms with Crippen LogP contribution in [0.4, 0.5) is 10.1 Å². The van der Waals surface area contributed by atoms with Gasteiger partial charge in [-0.1, -0.05) is 30.1 Å². The number of fused-ring (bicyclic) bond motifs is 1. The van der Waals surface area contributed by atoms with E-state index in [1.54, 1.807) is 31.2 Å². The zero-order valence-corrected chi connectivity index (χ0v) is 18.0. The van der Waals surface area contributed by atoms with Crippen molar-refractivity contribution in [2.24, 2.45) is 0 Å². The Morgan fingerprint density at radius 3 is 2.63 bits per heavy atom. The maximum atomic E-state index is 13.6. The first kappa shape index (κ1) is 22.0. The molecular weight excluding hydrogens is 428 g/mol. The number of nitrogens with zero attached hydrogens (tertiary/aromatic N) is 2. The standard InChI is InChI=1S/C22H20Cl2FN3O2/c1-3-8-28(12-21(29)27-20-10-14(23)4-7-18(20)24)22(30)17-9-13(2)26-19-11-15(25)5-6-16(17)19/h4-7,9-11H,3,8,12H2,1-2H3,(H,27,29). The van der Waals surface area contributed by atoms with Crippen molar-refractivity contribution in [1.82, 2.24) is 9.88 Å². The molecule has 2 amide bonds. The molecule has 0 aliphatic rings. The van der Waals surface area contributed by atoms with Crippen molar-refractivity contribution < 1.29 is 14.0 Å². The Hall–Kier alpha value is -2.70. The molecule has 0 unspecified atom stereocenters. The van der Waals surface area contributed by atoms with Gasteiger partial charge in [-0.3, -0.25) is 14.6 Å². The summed E-state index contributed by atoms with van der Waals surface area (Å²) in [4.78, 5) is 31.6. The van der Waals surface area contributed by atoms with Crippen molar-refractivity contribution in [3.8, 4) is 0 Å². The lowest BCUT2D eigenvalue weighted by atomic mass is 10.1. The Balaban J connectivity index is 1.87. The highest BCUT2D eigenvalue weighted by Crippen LogP contribution is 2.26. The third-order valence-electron chi connectivity index (χ3n) is 4.45. The van der Waals surface area contributed by atoms with E-state index in [9.17, 15) is 14.0 Å². The summed E-state index contributed by atoms with van der Waals surface area (Å²) in [5, 5.41) is 4.00. The molecule has 0 bridgehead atoms. The largest absolute Gasteiger partial charge is 0.329 e. The van der Waals surface area contributed by atoms with Crippen molar-refractivity contribution in [3.63, 3.8) is 0 Å². The number of anilines is 1. The van der Waals surface area contributed by atoms with Crippen LogP contribution >= 0.6 is 23.2 Å². The van der Waals surface area contributed by atoms with Gasteiger partial charge in [-0.2, -0.15) is 0 Å². The summed E-state index contributed by atoms with van der Waals surface area (Å²) in [7, 11) is 0. The van der Waals surface area contributed by atoms with Crippen LogP contribution in [-0.2, 0) is 4.79 Å². The number of benzene rings is 2. The van der Waals surface area contributed by atoms with Crippen LogP contribution in [0.25, 0.3) is 10.9 Å². The number of carbonyl (C=O) groups is 2. The maximum Gasteiger partial charge on any atom is 0.255 e. The maximum absolute atomic E-state index is 13.6. The minimum atomic E-state index is -0.429. The molecule has 3 aromatic rings. The highest BCUT2D eigenvalue weighted by atomic mass is 35.5. The Morgan fingerprint density at radius 1 is 1.13 bits per heavy atom. The fraction of sp³-hybridized carbons (Fsp3) is 0.227. The SMILES string of the molecule is CCCN(CC(=O)Nc1cc(Cl)ccc1Cl)C(=O)c1cc(C)nc2cc(F)ccc12. The first-order chi connectivity index (χ1) is 14.3. The number of nitrogens with one attached hydrogen (secondary N) is 1. The Morgan fingerprint density at radius 2 is 1.90 bits per heavy atom. The molecule has 3 rings (SSSR count). The molecule has 0 radical (unpaired) electrons. The van der Waals surface area contributed by atoms with E-state index in [0.717, 1.165) is 0 Å². The number of hydrogen-bond donors (Lipinski definition) is 1. The van der Waals surface area contributed by atoms with Gasteiger partial charge in [-0.05, 0) is 49.7 Å². The van der Waals surface area contributed by atoms with Crippen LogP contribution in [0.15, 0.2) is 42.5 Å². The Kier molecular flexibility index (Phi) is 6.90. The van der Waals surface area contributed by atoms with E-state index in [-0.39, 0.29) is 12.5 Å². The van der Waals surface area contributed by atoms with Gasteiger partial charge in [0.1, 0.15) is 12.4 Å². The zero-order chi connectivity index (χ0) is 21.8. The molecule has 2 aromatic carbocycles. The number of pyridine rings is 1. The minimum Gasteiger partial charge on any atom is -0.329 e. The number of amides is 2. The van der Waals surface area contributed by atoms with Gasteiger partial charge in [-0.15, -0.1) is 0 Å². The second kappa shape index (κ2) is 9.41. The highest BCUT2D eigenvalue weighted by molar-refractivity contribution is 6.35. The summed E-state index contributed by atoms with van der Waals surface area (Å²) in [5.41, 5.74) is 1.73. The normalized spacial score (nSPS) is 10.8. The summed E-state index contributed by atoms with van der Waals surface area (Å²) in [5.74, 6) is -1.16. The molecule has 0 saturated heterocycles.